The van der Waals surface area contributed by atoms with E-state index in [1.54, 1.807) is 28.8 Å². The molecule has 2 aromatic heterocycles. The lowest BCUT2D eigenvalue weighted by Gasteiger charge is -2.17. The Bertz CT molecular complexity index is 1030. The average molecular weight is 376 g/mol. The first-order valence-electron chi connectivity index (χ1n) is 9.15. The minimum atomic E-state index is -0.373. The minimum absolute atomic E-state index is 0.0760. The van der Waals surface area contributed by atoms with E-state index in [2.05, 4.69) is 10.1 Å². The molecule has 1 saturated heterocycles. The number of hydrogen-bond acceptors (Lipinski definition) is 5. The van der Waals surface area contributed by atoms with Crippen molar-refractivity contribution in [3.05, 3.63) is 82.4 Å². The number of aryl methyl sites for hydroxylation is 1. The molecule has 0 bridgehead atoms. The highest BCUT2D eigenvalue weighted by atomic mass is 16.5. The minimum Gasteiger partial charge on any atom is -0.472 e. The highest BCUT2D eigenvalue weighted by Crippen LogP contribution is 2.17. The summed E-state index contributed by atoms with van der Waals surface area (Å²) in [6.45, 7) is 2.70. The number of rotatable bonds is 4. The third kappa shape index (κ3) is 3.64. The fraction of sp³-hybridized carbons (Fsp3) is 0.238. The van der Waals surface area contributed by atoms with Gasteiger partial charge in [-0.1, -0.05) is 24.3 Å². The summed E-state index contributed by atoms with van der Waals surface area (Å²) in [6.07, 6.45) is 2.19. The third-order valence-electron chi connectivity index (χ3n) is 4.67. The van der Waals surface area contributed by atoms with Crippen molar-refractivity contribution < 1.29 is 9.53 Å². The van der Waals surface area contributed by atoms with Crippen LogP contribution in [0.25, 0.3) is 5.69 Å². The number of likely N-dealkylation sites (tertiary alicyclic amines) is 1. The highest BCUT2D eigenvalue weighted by molar-refractivity contribution is 5.92. The molecule has 1 aromatic carbocycles. The maximum Gasteiger partial charge on any atom is 0.278 e. The molecule has 7 nitrogen and oxygen atoms in total. The van der Waals surface area contributed by atoms with Crippen LogP contribution in [0.3, 0.4) is 0 Å². The SMILES string of the molecule is Cc1cc(=O)c(C(=O)N2CCC(Oc3ccccn3)C2)nn1-c1ccccc1. The van der Waals surface area contributed by atoms with Crippen LogP contribution in [0.15, 0.2) is 65.6 Å². The van der Waals surface area contributed by atoms with Gasteiger partial charge in [0.2, 0.25) is 11.3 Å². The van der Waals surface area contributed by atoms with Gasteiger partial charge in [-0.15, -0.1) is 0 Å². The molecule has 1 fully saturated rings. The topological polar surface area (TPSA) is 77.3 Å². The Hall–Kier alpha value is -3.48. The maximum atomic E-state index is 12.9. The number of carbonyl (C=O) groups excluding carboxylic acids is 1. The largest absolute Gasteiger partial charge is 0.472 e. The Kier molecular flexibility index (Phi) is 4.89. The van der Waals surface area contributed by atoms with Crippen molar-refractivity contribution >= 4 is 5.91 Å². The van der Waals surface area contributed by atoms with Gasteiger partial charge in [-0.05, 0) is 25.1 Å². The first-order valence-corrected chi connectivity index (χ1v) is 9.15. The van der Waals surface area contributed by atoms with Crippen molar-refractivity contribution in [1.29, 1.82) is 0 Å². The van der Waals surface area contributed by atoms with Gasteiger partial charge in [0.1, 0.15) is 6.10 Å². The molecule has 7 heteroatoms. The highest BCUT2D eigenvalue weighted by Gasteiger charge is 2.30. The molecule has 142 valence electrons. The molecule has 1 aliphatic heterocycles. The molecule has 3 aromatic rings. The molecule has 1 atom stereocenters. The summed E-state index contributed by atoms with van der Waals surface area (Å²) < 4.78 is 7.44. The lowest BCUT2D eigenvalue weighted by Crippen LogP contribution is -2.36. The van der Waals surface area contributed by atoms with Crippen LogP contribution in [0.2, 0.25) is 0 Å². The van der Waals surface area contributed by atoms with E-state index in [9.17, 15) is 9.59 Å². The number of pyridine rings is 1. The quantitative estimate of drug-likeness (QED) is 0.698. The second-order valence-electron chi connectivity index (χ2n) is 6.69. The van der Waals surface area contributed by atoms with E-state index in [4.69, 9.17) is 4.74 Å². The first kappa shape index (κ1) is 17.9. The standard InChI is InChI=1S/C21H20N4O3/c1-15-13-18(26)20(23-25(15)16-7-3-2-4-8-16)21(27)24-12-10-17(14-24)28-19-9-5-6-11-22-19/h2-9,11,13,17H,10,12,14H2,1H3. The molecule has 3 heterocycles. The molecular formula is C21H20N4O3. The summed E-state index contributed by atoms with van der Waals surface area (Å²) in [7, 11) is 0. The Morgan fingerprint density at radius 2 is 1.93 bits per heavy atom. The van der Waals surface area contributed by atoms with E-state index in [-0.39, 0.29) is 23.1 Å². The van der Waals surface area contributed by atoms with Gasteiger partial charge >= 0.3 is 0 Å². The molecule has 4 rings (SSSR count). The second kappa shape index (κ2) is 7.64. The van der Waals surface area contributed by atoms with Crippen molar-refractivity contribution in [2.45, 2.75) is 19.4 Å². The number of aromatic nitrogens is 3. The van der Waals surface area contributed by atoms with E-state index < -0.39 is 0 Å². The van der Waals surface area contributed by atoms with Crippen molar-refractivity contribution in [3.63, 3.8) is 0 Å². The zero-order valence-electron chi connectivity index (χ0n) is 15.5. The van der Waals surface area contributed by atoms with E-state index in [1.807, 2.05) is 42.5 Å². The van der Waals surface area contributed by atoms with Crippen LogP contribution in [0.1, 0.15) is 22.6 Å². The first-order chi connectivity index (χ1) is 13.6. The second-order valence-corrected chi connectivity index (χ2v) is 6.69. The predicted molar refractivity (Wildman–Crippen MR) is 104 cm³/mol. The van der Waals surface area contributed by atoms with Crippen LogP contribution in [-0.4, -0.2) is 44.8 Å². The van der Waals surface area contributed by atoms with Gasteiger partial charge in [-0.2, -0.15) is 5.10 Å². The van der Waals surface area contributed by atoms with Crippen molar-refractivity contribution in [1.82, 2.24) is 19.7 Å². The molecule has 0 radical (unpaired) electrons. The average Bonchev–Trinajstić information content (AvgIpc) is 3.17. The Labute approximate surface area is 162 Å². The predicted octanol–water partition coefficient (Wildman–Crippen LogP) is 2.23. The maximum absolute atomic E-state index is 12.9. The summed E-state index contributed by atoms with van der Waals surface area (Å²) in [6, 6.07) is 16.3. The van der Waals surface area contributed by atoms with E-state index in [0.29, 0.717) is 31.1 Å². The summed E-state index contributed by atoms with van der Waals surface area (Å²) >= 11 is 0. The zero-order chi connectivity index (χ0) is 19.5. The Morgan fingerprint density at radius 3 is 2.68 bits per heavy atom. The van der Waals surface area contributed by atoms with Gasteiger partial charge in [0.15, 0.2) is 5.69 Å². The summed E-state index contributed by atoms with van der Waals surface area (Å²) in [4.78, 5) is 31.1. The number of para-hydroxylation sites is 1. The number of ether oxygens (including phenoxy) is 1. The lowest BCUT2D eigenvalue weighted by atomic mass is 10.2. The molecule has 0 aliphatic carbocycles. The van der Waals surface area contributed by atoms with Gasteiger partial charge in [-0.25, -0.2) is 9.67 Å². The number of benzene rings is 1. The summed E-state index contributed by atoms with van der Waals surface area (Å²) in [5.74, 6) is 0.156. The Balaban J connectivity index is 1.54. The molecular weight excluding hydrogens is 356 g/mol. The van der Waals surface area contributed by atoms with Crippen molar-refractivity contribution in [2.75, 3.05) is 13.1 Å². The molecule has 1 unspecified atom stereocenters. The molecule has 1 amide bonds. The van der Waals surface area contributed by atoms with Crippen LogP contribution < -0.4 is 10.2 Å². The molecule has 28 heavy (non-hydrogen) atoms. The van der Waals surface area contributed by atoms with Crippen molar-refractivity contribution in [3.8, 4) is 11.6 Å². The van der Waals surface area contributed by atoms with Crippen LogP contribution >= 0.6 is 0 Å². The van der Waals surface area contributed by atoms with Gasteiger partial charge in [-0.3, -0.25) is 9.59 Å². The Morgan fingerprint density at radius 1 is 1.14 bits per heavy atom. The molecule has 0 spiro atoms. The number of amides is 1. The number of hydrogen-bond donors (Lipinski definition) is 0. The van der Waals surface area contributed by atoms with Crippen molar-refractivity contribution in [2.24, 2.45) is 0 Å². The lowest BCUT2D eigenvalue weighted by molar-refractivity contribution is 0.0762. The van der Waals surface area contributed by atoms with E-state index >= 15 is 0 Å². The summed E-state index contributed by atoms with van der Waals surface area (Å²) in [5, 5.41) is 4.36. The van der Waals surface area contributed by atoms with E-state index in [1.165, 1.54) is 6.07 Å². The third-order valence-corrected chi connectivity index (χ3v) is 4.67. The van der Waals surface area contributed by atoms with Gasteiger partial charge in [0.25, 0.3) is 5.91 Å². The number of carbonyl (C=O) groups is 1. The summed E-state index contributed by atoms with van der Waals surface area (Å²) in [5.41, 5.74) is 1.02. The van der Waals surface area contributed by atoms with Gasteiger partial charge in [0.05, 0.1) is 12.2 Å². The van der Waals surface area contributed by atoms with Crippen LogP contribution in [-0.2, 0) is 0 Å². The van der Waals surface area contributed by atoms with Gasteiger partial charge in [0, 0.05) is 37.0 Å². The number of nitrogens with zero attached hydrogens (tertiary/aromatic N) is 4. The normalized spacial score (nSPS) is 16.2. The monoisotopic (exact) mass is 376 g/mol. The smallest absolute Gasteiger partial charge is 0.278 e. The van der Waals surface area contributed by atoms with Gasteiger partial charge < -0.3 is 9.64 Å². The molecule has 0 saturated carbocycles. The molecule has 0 N–H and O–H groups in total. The zero-order valence-corrected chi connectivity index (χ0v) is 15.5. The van der Waals surface area contributed by atoms with Crippen LogP contribution in [0.5, 0.6) is 5.88 Å². The fourth-order valence-corrected chi connectivity index (χ4v) is 3.27. The van der Waals surface area contributed by atoms with Crippen LogP contribution in [0, 0.1) is 6.92 Å². The van der Waals surface area contributed by atoms with Crippen LogP contribution in [0.4, 0.5) is 0 Å². The fourth-order valence-electron chi connectivity index (χ4n) is 3.27. The molecule has 1 aliphatic rings. The van der Waals surface area contributed by atoms with E-state index in [0.717, 1.165) is 5.69 Å².